The van der Waals surface area contributed by atoms with Crippen molar-refractivity contribution in [3.63, 3.8) is 0 Å². The Morgan fingerprint density at radius 1 is 1.31 bits per heavy atom. The summed E-state index contributed by atoms with van der Waals surface area (Å²) in [7, 11) is 3.54. The largest absolute Gasteiger partial charge is 0.497 e. The number of benzene rings is 1. The van der Waals surface area contributed by atoms with Crippen LogP contribution < -0.4 is 10.1 Å². The lowest BCUT2D eigenvalue weighted by Crippen LogP contribution is -2.22. The van der Waals surface area contributed by atoms with Crippen molar-refractivity contribution in [3.05, 3.63) is 52.5 Å². The van der Waals surface area contributed by atoms with Crippen molar-refractivity contribution in [3.8, 4) is 5.75 Å². The predicted molar refractivity (Wildman–Crippen MR) is 105 cm³/mol. The van der Waals surface area contributed by atoms with Crippen molar-refractivity contribution in [1.82, 2.24) is 14.8 Å². The normalized spacial score (nSPS) is 12.0. The van der Waals surface area contributed by atoms with Crippen LogP contribution in [0.15, 0.2) is 46.9 Å². The highest BCUT2D eigenvalue weighted by Gasteiger charge is 2.19. The third-order valence-corrected chi connectivity index (χ3v) is 5.86. The molecule has 0 unspecified atom stereocenters. The van der Waals surface area contributed by atoms with Crippen LogP contribution in [0, 0.1) is 0 Å². The molecule has 0 bridgehead atoms. The van der Waals surface area contributed by atoms with E-state index < -0.39 is 0 Å². The first-order chi connectivity index (χ1) is 12.6. The van der Waals surface area contributed by atoms with Gasteiger partial charge in [0.15, 0.2) is 5.16 Å². The summed E-state index contributed by atoms with van der Waals surface area (Å²) in [4.78, 5) is 13.7. The highest BCUT2D eigenvalue weighted by molar-refractivity contribution is 8.00. The maximum atomic E-state index is 12.4. The first kappa shape index (κ1) is 18.5. The Morgan fingerprint density at radius 2 is 2.08 bits per heavy atom. The van der Waals surface area contributed by atoms with Crippen LogP contribution in [0.4, 0.5) is 5.69 Å². The highest BCUT2D eigenvalue weighted by Crippen LogP contribution is 2.24. The van der Waals surface area contributed by atoms with Gasteiger partial charge in [0, 0.05) is 24.0 Å². The number of anilines is 1. The van der Waals surface area contributed by atoms with Crippen LogP contribution >= 0.6 is 23.1 Å². The van der Waals surface area contributed by atoms with Crippen molar-refractivity contribution in [2.24, 2.45) is 7.05 Å². The zero-order valence-corrected chi connectivity index (χ0v) is 16.4. The molecule has 2 aromatic heterocycles. The molecule has 8 heteroatoms. The van der Waals surface area contributed by atoms with Gasteiger partial charge in [0.25, 0.3) is 0 Å². The molecule has 0 aliphatic rings. The number of methoxy groups -OCH3 is 1. The Balaban J connectivity index is 1.60. The second-order valence-corrected chi connectivity index (χ2v) is 8.03. The van der Waals surface area contributed by atoms with E-state index in [2.05, 4.69) is 21.6 Å². The second kappa shape index (κ2) is 8.37. The van der Waals surface area contributed by atoms with E-state index >= 15 is 0 Å². The first-order valence-corrected chi connectivity index (χ1v) is 9.85. The molecule has 26 heavy (non-hydrogen) atoms. The monoisotopic (exact) mass is 388 g/mol. The topological polar surface area (TPSA) is 69.0 Å². The van der Waals surface area contributed by atoms with E-state index in [-0.39, 0.29) is 11.2 Å². The van der Waals surface area contributed by atoms with Gasteiger partial charge in [-0.05, 0) is 42.6 Å². The molecule has 0 saturated carbocycles. The molecule has 136 valence electrons. The minimum absolute atomic E-state index is 0.0806. The lowest BCUT2D eigenvalue weighted by Gasteiger charge is -2.12. The lowest BCUT2D eigenvalue weighted by atomic mass is 10.3. The highest BCUT2D eigenvalue weighted by atomic mass is 32.2. The SMILES string of the molecule is COc1ccc(NC(=O)[C@H](C)Sc2nnc(Cc3cccs3)n2C)cc1. The smallest absolute Gasteiger partial charge is 0.237 e. The van der Waals surface area contributed by atoms with Gasteiger partial charge in [-0.3, -0.25) is 4.79 Å². The minimum atomic E-state index is -0.297. The summed E-state index contributed by atoms with van der Waals surface area (Å²) in [6.07, 6.45) is 0.744. The molecule has 0 aliphatic carbocycles. The van der Waals surface area contributed by atoms with Crippen molar-refractivity contribution in [2.45, 2.75) is 23.8 Å². The van der Waals surface area contributed by atoms with Gasteiger partial charge in [-0.2, -0.15) is 0 Å². The van der Waals surface area contributed by atoms with Gasteiger partial charge in [-0.1, -0.05) is 17.8 Å². The Morgan fingerprint density at radius 3 is 2.73 bits per heavy atom. The number of nitrogens with zero attached hydrogens (tertiary/aromatic N) is 3. The number of carbonyl (C=O) groups is 1. The number of rotatable bonds is 7. The molecular formula is C18H20N4O2S2. The third-order valence-electron chi connectivity index (χ3n) is 3.85. The molecule has 1 atom stereocenters. The Bertz CT molecular complexity index is 860. The maximum Gasteiger partial charge on any atom is 0.237 e. The van der Waals surface area contributed by atoms with Crippen LogP contribution in [0.2, 0.25) is 0 Å². The molecule has 0 radical (unpaired) electrons. The number of thioether (sulfide) groups is 1. The summed E-state index contributed by atoms with van der Waals surface area (Å²) in [5.74, 6) is 1.56. The van der Waals surface area contributed by atoms with Gasteiger partial charge in [0.1, 0.15) is 11.6 Å². The molecule has 6 nitrogen and oxygen atoms in total. The Hall–Kier alpha value is -2.32. The number of hydrogen-bond acceptors (Lipinski definition) is 6. The zero-order chi connectivity index (χ0) is 18.5. The summed E-state index contributed by atoms with van der Waals surface area (Å²) in [5, 5.41) is 13.9. The van der Waals surface area contributed by atoms with Gasteiger partial charge >= 0.3 is 0 Å². The van der Waals surface area contributed by atoms with Gasteiger partial charge in [-0.25, -0.2) is 0 Å². The van der Waals surface area contributed by atoms with E-state index in [9.17, 15) is 4.79 Å². The first-order valence-electron chi connectivity index (χ1n) is 8.09. The molecule has 1 amide bonds. The van der Waals surface area contributed by atoms with E-state index in [1.807, 2.05) is 54.3 Å². The number of thiophene rings is 1. The molecule has 3 rings (SSSR count). The fourth-order valence-corrected chi connectivity index (χ4v) is 3.84. The molecule has 2 heterocycles. The van der Waals surface area contributed by atoms with Gasteiger partial charge in [-0.15, -0.1) is 21.5 Å². The van der Waals surface area contributed by atoms with Crippen molar-refractivity contribution in [2.75, 3.05) is 12.4 Å². The van der Waals surface area contributed by atoms with E-state index in [0.29, 0.717) is 0 Å². The van der Waals surface area contributed by atoms with E-state index in [1.54, 1.807) is 18.4 Å². The standard InChI is InChI=1S/C18H20N4O2S2/c1-12(17(23)19-13-6-8-14(24-3)9-7-13)26-18-21-20-16(22(18)2)11-15-5-4-10-25-15/h4-10,12H,11H2,1-3H3,(H,19,23)/t12-/m0/s1. The summed E-state index contributed by atoms with van der Waals surface area (Å²) >= 11 is 3.09. The van der Waals surface area contributed by atoms with E-state index in [4.69, 9.17) is 4.74 Å². The number of carbonyl (C=O) groups excluding carboxylic acids is 1. The average Bonchev–Trinajstić information content (AvgIpc) is 3.28. The predicted octanol–water partition coefficient (Wildman–Crippen LogP) is 3.60. The molecule has 1 aromatic carbocycles. The van der Waals surface area contributed by atoms with Crippen LogP contribution in [-0.2, 0) is 18.3 Å². The number of nitrogens with one attached hydrogen (secondary N) is 1. The maximum absolute atomic E-state index is 12.4. The molecule has 0 aliphatic heterocycles. The van der Waals surface area contributed by atoms with Crippen LogP contribution in [-0.4, -0.2) is 33.0 Å². The van der Waals surface area contributed by atoms with Crippen LogP contribution in [0.1, 0.15) is 17.6 Å². The summed E-state index contributed by atoms with van der Waals surface area (Å²) in [6, 6.07) is 11.4. The number of aromatic nitrogens is 3. The second-order valence-electron chi connectivity index (χ2n) is 5.69. The van der Waals surface area contributed by atoms with Crippen molar-refractivity contribution >= 4 is 34.7 Å². The molecule has 0 fully saturated rings. The van der Waals surface area contributed by atoms with Crippen molar-refractivity contribution < 1.29 is 9.53 Å². The molecular weight excluding hydrogens is 368 g/mol. The third kappa shape index (κ3) is 4.44. The van der Waals surface area contributed by atoms with Gasteiger partial charge in [0.05, 0.1) is 12.4 Å². The van der Waals surface area contributed by atoms with Crippen LogP contribution in [0.3, 0.4) is 0 Å². The number of ether oxygens (including phenoxy) is 1. The van der Waals surface area contributed by atoms with Crippen LogP contribution in [0.5, 0.6) is 5.75 Å². The quantitative estimate of drug-likeness (QED) is 0.627. The number of amides is 1. The molecule has 0 spiro atoms. The minimum Gasteiger partial charge on any atom is -0.497 e. The molecule has 0 saturated heterocycles. The van der Waals surface area contributed by atoms with Crippen LogP contribution in [0.25, 0.3) is 0 Å². The fourth-order valence-electron chi connectivity index (χ4n) is 2.30. The molecule has 1 N–H and O–H groups in total. The lowest BCUT2D eigenvalue weighted by molar-refractivity contribution is -0.115. The summed E-state index contributed by atoms with van der Waals surface area (Å²) < 4.78 is 7.07. The Kier molecular flexibility index (Phi) is 5.95. The fraction of sp³-hybridized carbons (Fsp3) is 0.278. The summed E-state index contributed by atoms with van der Waals surface area (Å²) in [5.41, 5.74) is 0.736. The molecule has 3 aromatic rings. The number of hydrogen-bond donors (Lipinski definition) is 1. The van der Waals surface area contributed by atoms with Gasteiger partial charge in [0.2, 0.25) is 5.91 Å². The van der Waals surface area contributed by atoms with Crippen molar-refractivity contribution in [1.29, 1.82) is 0 Å². The Labute approximate surface area is 160 Å². The zero-order valence-electron chi connectivity index (χ0n) is 14.8. The van der Waals surface area contributed by atoms with E-state index in [1.165, 1.54) is 16.6 Å². The average molecular weight is 389 g/mol. The van der Waals surface area contributed by atoms with Gasteiger partial charge < -0.3 is 14.6 Å². The van der Waals surface area contributed by atoms with E-state index in [0.717, 1.165) is 28.8 Å². The summed E-state index contributed by atoms with van der Waals surface area (Å²) in [6.45, 7) is 1.86.